The van der Waals surface area contributed by atoms with Gasteiger partial charge in [-0.25, -0.2) is 9.78 Å². The third-order valence-electron chi connectivity index (χ3n) is 3.15. The number of carbonyl (C=O) groups excluding carboxylic acids is 1. The Bertz CT molecular complexity index is 619. The van der Waals surface area contributed by atoms with Crippen molar-refractivity contribution in [1.29, 1.82) is 0 Å². The van der Waals surface area contributed by atoms with Crippen LogP contribution in [0, 0.1) is 18.8 Å². The van der Waals surface area contributed by atoms with Crippen LogP contribution in [0.3, 0.4) is 0 Å². The van der Waals surface area contributed by atoms with Crippen molar-refractivity contribution in [3.63, 3.8) is 0 Å². The molecule has 1 aromatic rings. The Morgan fingerprint density at radius 3 is 2.64 bits per heavy atom. The predicted molar refractivity (Wildman–Crippen MR) is 88.9 cm³/mol. The molecule has 0 aromatic carbocycles. The fourth-order valence-electron chi connectivity index (χ4n) is 2.08. The van der Waals surface area contributed by atoms with Crippen LogP contribution in [0.1, 0.15) is 44.3 Å². The SMILES string of the molecule is Cc1nc(C#CC=C2CCN(C(=O)OC(C)(C)C)CC2)cs1. The number of piperidine rings is 1. The molecule has 4 nitrogen and oxygen atoms in total. The van der Waals surface area contributed by atoms with E-state index in [4.69, 9.17) is 4.74 Å². The Kier molecular flexibility index (Phi) is 5.25. The van der Waals surface area contributed by atoms with Gasteiger partial charge < -0.3 is 9.64 Å². The molecule has 1 aliphatic rings. The lowest BCUT2D eigenvalue weighted by Gasteiger charge is -2.30. The predicted octanol–water partition coefficient (Wildman–Crippen LogP) is 3.76. The standard InChI is InChI=1S/C17H22N2O2S/c1-13-18-15(12-22-13)7-5-6-14-8-10-19(11-9-14)16(20)21-17(2,3)4/h6,12H,8-11H2,1-4H3. The molecule has 0 bridgehead atoms. The minimum atomic E-state index is -0.440. The number of aryl methyl sites for hydroxylation is 1. The van der Waals surface area contributed by atoms with E-state index in [1.807, 2.05) is 39.2 Å². The Balaban J connectivity index is 1.85. The monoisotopic (exact) mass is 318 g/mol. The second kappa shape index (κ2) is 6.97. The number of nitrogens with zero attached hydrogens (tertiary/aromatic N) is 2. The molecule has 1 aliphatic heterocycles. The van der Waals surface area contributed by atoms with Crippen LogP contribution >= 0.6 is 11.3 Å². The lowest BCUT2D eigenvalue weighted by atomic mass is 10.0. The molecule has 0 aliphatic carbocycles. The zero-order valence-electron chi connectivity index (χ0n) is 13.6. The summed E-state index contributed by atoms with van der Waals surface area (Å²) in [6, 6.07) is 0. The van der Waals surface area contributed by atoms with Gasteiger partial charge in [-0.3, -0.25) is 0 Å². The fourth-order valence-corrected chi connectivity index (χ4v) is 2.63. The second-order valence-electron chi connectivity index (χ2n) is 6.29. The largest absolute Gasteiger partial charge is 0.444 e. The van der Waals surface area contributed by atoms with Crippen LogP contribution in [0.2, 0.25) is 0 Å². The highest BCUT2D eigenvalue weighted by molar-refractivity contribution is 7.09. The van der Waals surface area contributed by atoms with Gasteiger partial charge in [0.15, 0.2) is 0 Å². The molecular formula is C17H22N2O2S. The van der Waals surface area contributed by atoms with E-state index in [1.165, 1.54) is 5.57 Å². The highest BCUT2D eigenvalue weighted by Gasteiger charge is 2.24. The first kappa shape index (κ1) is 16.6. The van der Waals surface area contributed by atoms with Crippen molar-refractivity contribution in [2.45, 2.75) is 46.1 Å². The summed E-state index contributed by atoms with van der Waals surface area (Å²) >= 11 is 1.61. The van der Waals surface area contributed by atoms with Crippen LogP contribution in [-0.2, 0) is 4.74 Å². The molecule has 2 heterocycles. The summed E-state index contributed by atoms with van der Waals surface area (Å²) in [7, 11) is 0. The maximum atomic E-state index is 12.0. The van der Waals surface area contributed by atoms with E-state index < -0.39 is 5.60 Å². The Morgan fingerprint density at radius 1 is 1.41 bits per heavy atom. The van der Waals surface area contributed by atoms with Gasteiger partial charge >= 0.3 is 6.09 Å². The average molecular weight is 318 g/mol. The number of allylic oxidation sites excluding steroid dienone is 1. The molecule has 0 saturated carbocycles. The second-order valence-corrected chi connectivity index (χ2v) is 7.35. The van der Waals surface area contributed by atoms with Crippen LogP contribution in [0.4, 0.5) is 4.79 Å². The van der Waals surface area contributed by atoms with E-state index in [0.29, 0.717) is 13.1 Å². The lowest BCUT2D eigenvalue weighted by Crippen LogP contribution is -2.40. The molecule has 0 unspecified atom stereocenters. The molecular weight excluding hydrogens is 296 g/mol. The molecule has 1 saturated heterocycles. The van der Waals surface area contributed by atoms with E-state index in [9.17, 15) is 4.79 Å². The van der Waals surface area contributed by atoms with Crippen molar-refractivity contribution >= 4 is 17.4 Å². The minimum absolute atomic E-state index is 0.226. The zero-order valence-corrected chi connectivity index (χ0v) is 14.4. The number of likely N-dealkylation sites (tertiary alicyclic amines) is 1. The van der Waals surface area contributed by atoms with Crippen molar-refractivity contribution in [3.05, 3.63) is 27.7 Å². The van der Waals surface area contributed by atoms with E-state index >= 15 is 0 Å². The molecule has 22 heavy (non-hydrogen) atoms. The lowest BCUT2D eigenvalue weighted by molar-refractivity contribution is 0.0236. The van der Waals surface area contributed by atoms with Gasteiger partial charge in [0.25, 0.3) is 0 Å². The first-order valence-corrected chi connectivity index (χ1v) is 8.31. The van der Waals surface area contributed by atoms with Gasteiger partial charge in [0.2, 0.25) is 0 Å². The zero-order chi connectivity index (χ0) is 16.2. The highest BCUT2D eigenvalue weighted by Crippen LogP contribution is 2.18. The Hall–Kier alpha value is -1.80. The number of aromatic nitrogens is 1. The third kappa shape index (κ3) is 5.19. The van der Waals surface area contributed by atoms with Crippen molar-refractivity contribution in [3.8, 4) is 11.8 Å². The summed E-state index contributed by atoms with van der Waals surface area (Å²) in [5.41, 5.74) is 1.66. The molecule has 5 heteroatoms. The van der Waals surface area contributed by atoms with Gasteiger partial charge in [-0.2, -0.15) is 0 Å². The van der Waals surface area contributed by atoms with Gasteiger partial charge in [0, 0.05) is 18.5 Å². The molecule has 118 valence electrons. The maximum Gasteiger partial charge on any atom is 0.410 e. The maximum absolute atomic E-state index is 12.0. The van der Waals surface area contributed by atoms with E-state index in [-0.39, 0.29) is 6.09 Å². The number of carbonyl (C=O) groups is 1. The van der Waals surface area contributed by atoms with Gasteiger partial charge in [-0.15, -0.1) is 11.3 Å². The molecule has 1 amide bonds. The van der Waals surface area contributed by atoms with Crippen LogP contribution in [0.15, 0.2) is 17.0 Å². The fraction of sp³-hybridized carbons (Fsp3) is 0.529. The molecule has 0 radical (unpaired) electrons. The molecule has 1 fully saturated rings. The van der Waals surface area contributed by atoms with Crippen LogP contribution in [-0.4, -0.2) is 34.7 Å². The average Bonchev–Trinajstić information content (AvgIpc) is 2.83. The van der Waals surface area contributed by atoms with Crippen LogP contribution in [0.5, 0.6) is 0 Å². The van der Waals surface area contributed by atoms with E-state index in [1.54, 1.807) is 16.2 Å². The van der Waals surface area contributed by atoms with Gasteiger partial charge in [-0.05, 0) is 52.5 Å². The quantitative estimate of drug-likeness (QED) is 0.684. The van der Waals surface area contributed by atoms with Gasteiger partial charge in [0.1, 0.15) is 11.3 Å². The smallest absolute Gasteiger partial charge is 0.410 e. The van der Waals surface area contributed by atoms with E-state index in [2.05, 4.69) is 16.8 Å². The normalized spacial score (nSPS) is 15.1. The molecule has 0 N–H and O–H groups in total. The summed E-state index contributed by atoms with van der Waals surface area (Å²) in [4.78, 5) is 18.0. The van der Waals surface area contributed by atoms with Crippen molar-refractivity contribution in [2.24, 2.45) is 0 Å². The van der Waals surface area contributed by atoms with E-state index in [0.717, 1.165) is 23.5 Å². The topological polar surface area (TPSA) is 42.4 Å². The summed E-state index contributed by atoms with van der Waals surface area (Å²) < 4.78 is 5.39. The van der Waals surface area contributed by atoms with Gasteiger partial charge in [-0.1, -0.05) is 11.5 Å². The first-order chi connectivity index (χ1) is 10.3. The summed E-state index contributed by atoms with van der Waals surface area (Å²) in [6.45, 7) is 9.01. The summed E-state index contributed by atoms with van der Waals surface area (Å²) in [6.07, 6.45) is 3.44. The number of ether oxygens (including phenoxy) is 1. The van der Waals surface area contributed by atoms with Crippen molar-refractivity contribution < 1.29 is 9.53 Å². The number of amides is 1. The number of hydrogen-bond donors (Lipinski definition) is 0. The van der Waals surface area contributed by atoms with Crippen molar-refractivity contribution in [2.75, 3.05) is 13.1 Å². The summed E-state index contributed by atoms with van der Waals surface area (Å²) in [5.74, 6) is 6.11. The third-order valence-corrected chi connectivity index (χ3v) is 3.93. The van der Waals surface area contributed by atoms with Gasteiger partial charge in [0.05, 0.1) is 5.01 Å². The molecule has 0 atom stereocenters. The number of hydrogen-bond acceptors (Lipinski definition) is 4. The first-order valence-electron chi connectivity index (χ1n) is 7.43. The highest BCUT2D eigenvalue weighted by atomic mass is 32.1. The molecule has 0 spiro atoms. The molecule has 1 aromatic heterocycles. The number of thiazole rings is 1. The minimum Gasteiger partial charge on any atom is -0.444 e. The van der Waals surface area contributed by atoms with Crippen molar-refractivity contribution in [1.82, 2.24) is 9.88 Å². The van der Waals surface area contributed by atoms with Crippen LogP contribution < -0.4 is 0 Å². The Morgan fingerprint density at radius 2 is 2.09 bits per heavy atom. The Labute approximate surface area is 136 Å². The molecule has 2 rings (SSSR count). The number of rotatable bonds is 0. The summed E-state index contributed by atoms with van der Waals surface area (Å²) in [5, 5.41) is 2.99. The van der Waals surface area contributed by atoms with Crippen LogP contribution in [0.25, 0.3) is 0 Å².